The molecule has 0 aliphatic carbocycles. The van der Waals surface area contributed by atoms with E-state index in [-0.39, 0.29) is 23.3 Å². The summed E-state index contributed by atoms with van der Waals surface area (Å²) >= 11 is 8.20. The third-order valence-corrected chi connectivity index (χ3v) is 14.7. The van der Waals surface area contributed by atoms with Gasteiger partial charge < -0.3 is 0 Å². The van der Waals surface area contributed by atoms with Crippen LogP contribution in [0.25, 0.3) is 91.2 Å². The summed E-state index contributed by atoms with van der Waals surface area (Å²) in [4.78, 5) is 20.8. The molecule has 14 heteroatoms. The first-order chi connectivity index (χ1) is 23.3. The van der Waals surface area contributed by atoms with E-state index in [1.54, 1.807) is 12.1 Å². The Morgan fingerprint density at radius 2 is 0.771 bits per heavy atom. The Hall–Kier alpha value is -4.18. The second-order valence-corrected chi connectivity index (χ2v) is 17.1. The number of fused-ring (bicyclic) bond motifs is 5. The zero-order valence-corrected chi connectivity index (χ0v) is 28.6. The Bertz CT molecular complexity index is 2660. The number of hydrogen-bond acceptors (Lipinski definition) is 10. The fraction of sp³-hybridized carbons (Fsp3) is 0. The van der Waals surface area contributed by atoms with E-state index in [4.69, 9.17) is 9.97 Å². The van der Waals surface area contributed by atoms with Gasteiger partial charge in [0.2, 0.25) is 0 Å². The van der Waals surface area contributed by atoms with E-state index in [1.165, 1.54) is 104 Å². The van der Waals surface area contributed by atoms with Gasteiger partial charge in [-0.3, -0.25) is 0 Å². The molecule has 0 atom stereocenters. The Morgan fingerprint density at radius 3 is 1.23 bits per heavy atom. The highest BCUT2D eigenvalue weighted by molar-refractivity contribution is 7.30. The molecule has 0 saturated heterocycles. The lowest BCUT2D eigenvalue weighted by Crippen LogP contribution is -1.76. The molecule has 10 rings (SSSR count). The molecule has 0 N–H and O–H groups in total. The Kier molecular flexibility index (Phi) is 6.40. The second kappa shape index (κ2) is 10.7. The highest BCUT2D eigenvalue weighted by atomic mass is 32.1. The van der Waals surface area contributed by atoms with Gasteiger partial charge in [-0.1, -0.05) is 0 Å². The lowest BCUT2D eigenvalue weighted by atomic mass is 10.1. The van der Waals surface area contributed by atoms with Crippen LogP contribution in [-0.2, 0) is 0 Å². The number of benzene rings is 4. The van der Waals surface area contributed by atoms with Crippen LogP contribution >= 0.6 is 68.0 Å². The molecule has 6 heterocycles. The lowest BCUT2D eigenvalue weighted by molar-refractivity contribution is 0.629. The quantitative estimate of drug-likeness (QED) is 0.168. The van der Waals surface area contributed by atoms with E-state index in [2.05, 4.69) is 22.1 Å². The third kappa shape index (κ3) is 4.70. The van der Waals surface area contributed by atoms with Gasteiger partial charge in [-0.25, -0.2) is 37.5 Å². The minimum absolute atomic E-state index is 0.377. The first kappa shape index (κ1) is 28.8. The van der Waals surface area contributed by atoms with Crippen molar-refractivity contribution in [1.82, 2.24) is 19.9 Å². The average molecular weight is 745 g/mol. The molecule has 0 radical (unpaired) electrons. The van der Waals surface area contributed by atoms with E-state index in [0.717, 1.165) is 40.6 Å². The maximum absolute atomic E-state index is 15.2. The summed E-state index contributed by atoms with van der Waals surface area (Å²) in [6.07, 6.45) is 0. The third-order valence-electron chi connectivity index (χ3n) is 7.74. The number of aromatic nitrogens is 4. The number of thiophene rings is 2. The normalized spacial score (nSPS) is 12.2. The van der Waals surface area contributed by atoms with Crippen molar-refractivity contribution in [3.8, 4) is 39.5 Å². The summed E-state index contributed by atoms with van der Waals surface area (Å²) in [5.41, 5.74) is 2.62. The van der Waals surface area contributed by atoms with Gasteiger partial charge in [0, 0.05) is 12.1 Å². The highest BCUT2D eigenvalue weighted by Crippen LogP contribution is 2.45. The molecule has 0 fully saturated rings. The summed E-state index contributed by atoms with van der Waals surface area (Å²) in [6, 6.07) is 19.9. The van der Waals surface area contributed by atoms with Crippen LogP contribution in [0, 0.1) is 23.3 Å². The standard InChI is InChI=1S/C34H12F4N4S6/c35-15-1-3-23-21(9-15)41-33(45-23)29-17(37)11-27(43-29)31-39-19-5-13-8-26-20(6-14(13)7-25(19)47-31)40-32(48-26)28-12-18(38)30(44-28)34-42-22-10-16(36)2-4-24(22)46-34/h1-12H. The van der Waals surface area contributed by atoms with Crippen LogP contribution in [0.15, 0.2) is 72.8 Å². The van der Waals surface area contributed by atoms with E-state index in [1.807, 2.05) is 12.1 Å². The molecule has 0 amide bonds. The fourth-order valence-corrected chi connectivity index (χ4v) is 11.7. The van der Waals surface area contributed by atoms with Crippen molar-refractivity contribution in [3.05, 3.63) is 96.1 Å². The van der Waals surface area contributed by atoms with E-state index in [0.29, 0.717) is 50.6 Å². The lowest BCUT2D eigenvalue weighted by Gasteiger charge is -1.97. The summed E-state index contributed by atoms with van der Waals surface area (Å²) in [6.45, 7) is 0. The predicted molar refractivity (Wildman–Crippen MR) is 194 cm³/mol. The van der Waals surface area contributed by atoms with Crippen LogP contribution < -0.4 is 0 Å². The van der Waals surface area contributed by atoms with Crippen molar-refractivity contribution < 1.29 is 17.6 Å². The van der Waals surface area contributed by atoms with Crippen LogP contribution in [0.2, 0.25) is 0 Å². The summed E-state index contributed by atoms with van der Waals surface area (Å²) < 4.78 is 61.2. The molecule has 0 aliphatic heterocycles. The first-order valence-corrected chi connectivity index (χ1v) is 19.1. The molecule has 0 spiro atoms. The van der Waals surface area contributed by atoms with Crippen molar-refractivity contribution in [3.63, 3.8) is 0 Å². The van der Waals surface area contributed by atoms with Gasteiger partial charge in [-0.2, -0.15) is 0 Å². The molecule has 0 aliphatic rings. The molecule has 232 valence electrons. The fourth-order valence-electron chi connectivity index (χ4n) is 5.54. The SMILES string of the molecule is Fc1ccc2sc(-c3sc(-c4nc5cc6cc7sc(-c8cc(F)c(-c9nc%10cc(F)ccc%10s9)s8)nc7cc6cc5s4)cc3F)nc2c1. The summed E-state index contributed by atoms with van der Waals surface area (Å²) in [5.74, 6) is -1.51. The molecule has 0 bridgehead atoms. The molecule has 10 aromatic rings. The van der Waals surface area contributed by atoms with Gasteiger partial charge in [0.05, 0.1) is 60.4 Å². The molecular formula is C34H12F4N4S6. The van der Waals surface area contributed by atoms with Crippen molar-refractivity contribution in [1.29, 1.82) is 0 Å². The Balaban J connectivity index is 0.988. The molecular weight excluding hydrogens is 733 g/mol. The largest absolute Gasteiger partial charge is 0.235 e. The van der Waals surface area contributed by atoms with Crippen molar-refractivity contribution in [2.45, 2.75) is 0 Å². The van der Waals surface area contributed by atoms with Crippen molar-refractivity contribution >= 4 is 120 Å². The van der Waals surface area contributed by atoms with E-state index < -0.39 is 0 Å². The maximum atomic E-state index is 15.2. The van der Waals surface area contributed by atoms with Crippen LogP contribution in [0.1, 0.15) is 0 Å². The molecule has 4 nitrogen and oxygen atoms in total. The smallest absolute Gasteiger partial charge is 0.144 e. The molecule has 6 aromatic heterocycles. The van der Waals surface area contributed by atoms with Crippen LogP contribution in [0.3, 0.4) is 0 Å². The van der Waals surface area contributed by atoms with Gasteiger partial charge >= 0.3 is 0 Å². The molecule has 0 unspecified atom stereocenters. The number of nitrogens with zero attached hydrogens (tertiary/aromatic N) is 4. The number of hydrogen-bond donors (Lipinski definition) is 0. The van der Waals surface area contributed by atoms with E-state index in [9.17, 15) is 8.78 Å². The molecule has 48 heavy (non-hydrogen) atoms. The Morgan fingerprint density at radius 1 is 0.375 bits per heavy atom. The van der Waals surface area contributed by atoms with Crippen molar-refractivity contribution in [2.75, 3.05) is 0 Å². The average Bonchev–Trinajstić information content (AvgIpc) is 3.90. The van der Waals surface area contributed by atoms with Gasteiger partial charge in [-0.15, -0.1) is 68.0 Å². The van der Waals surface area contributed by atoms with Crippen LogP contribution in [-0.4, -0.2) is 19.9 Å². The predicted octanol–water partition coefficient (Wildman–Crippen LogP) is 12.6. The monoisotopic (exact) mass is 744 g/mol. The highest BCUT2D eigenvalue weighted by Gasteiger charge is 2.21. The molecule has 0 saturated carbocycles. The molecule has 4 aromatic carbocycles. The zero-order valence-electron chi connectivity index (χ0n) is 23.7. The summed E-state index contributed by atoms with van der Waals surface area (Å²) in [7, 11) is 0. The van der Waals surface area contributed by atoms with Crippen LogP contribution in [0.4, 0.5) is 17.6 Å². The first-order valence-electron chi connectivity index (χ1n) is 14.2. The van der Waals surface area contributed by atoms with Gasteiger partial charge in [0.1, 0.15) is 43.3 Å². The number of rotatable bonds is 4. The zero-order chi connectivity index (χ0) is 32.3. The minimum Gasteiger partial charge on any atom is -0.235 e. The second-order valence-electron chi connectivity index (χ2n) is 10.9. The maximum Gasteiger partial charge on any atom is 0.144 e. The van der Waals surface area contributed by atoms with E-state index >= 15 is 8.78 Å². The number of thiazole rings is 4. The minimum atomic E-state index is -0.380. The van der Waals surface area contributed by atoms with Gasteiger partial charge in [-0.05, 0) is 71.4 Å². The topological polar surface area (TPSA) is 51.6 Å². The van der Waals surface area contributed by atoms with Gasteiger partial charge in [0.25, 0.3) is 0 Å². The summed E-state index contributed by atoms with van der Waals surface area (Å²) in [5, 5.41) is 4.41. The van der Waals surface area contributed by atoms with Gasteiger partial charge in [0.15, 0.2) is 0 Å². The van der Waals surface area contributed by atoms with Crippen LogP contribution in [0.5, 0.6) is 0 Å². The van der Waals surface area contributed by atoms with Crippen molar-refractivity contribution in [2.24, 2.45) is 0 Å². The number of halogens is 4. The Labute approximate surface area is 290 Å².